The number of hydrogen-bond acceptors (Lipinski definition) is 3. The fraction of sp³-hybridized carbons (Fsp3) is 0.263. The molecular weight excluding hydrogens is 384 g/mol. The van der Waals surface area contributed by atoms with Gasteiger partial charge in [-0.3, -0.25) is 14.2 Å². The number of carbonyl (C=O) groups is 1. The summed E-state index contributed by atoms with van der Waals surface area (Å²) in [4.78, 5) is 24.9. The van der Waals surface area contributed by atoms with Gasteiger partial charge in [0.15, 0.2) is 0 Å². The number of aromatic nitrogens is 1. The first-order valence-electron chi connectivity index (χ1n) is 8.18. The van der Waals surface area contributed by atoms with Crippen molar-refractivity contribution in [2.24, 2.45) is 0 Å². The number of amides is 1. The third-order valence-electron chi connectivity index (χ3n) is 3.98. The SMILES string of the molecule is O=C(NC[C@@H]1CCCO1)/C(=C\c1cccc(Br)c1)n1ccccc1=O. The molecule has 0 aliphatic carbocycles. The molecule has 0 bridgehead atoms. The second-order valence-electron chi connectivity index (χ2n) is 5.84. The minimum Gasteiger partial charge on any atom is -0.376 e. The van der Waals surface area contributed by atoms with Crippen LogP contribution in [0, 0.1) is 0 Å². The van der Waals surface area contributed by atoms with Crippen LogP contribution in [0.4, 0.5) is 0 Å². The van der Waals surface area contributed by atoms with E-state index in [4.69, 9.17) is 4.74 Å². The summed E-state index contributed by atoms with van der Waals surface area (Å²) in [5.74, 6) is -0.302. The fourth-order valence-electron chi connectivity index (χ4n) is 2.73. The molecule has 3 rings (SSSR count). The van der Waals surface area contributed by atoms with Crippen LogP contribution in [0.2, 0.25) is 0 Å². The van der Waals surface area contributed by atoms with Gasteiger partial charge in [0.25, 0.3) is 11.5 Å². The van der Waals surface area contributed by atoms with E-state index < -0.39 is 0 Å². The van der Waals surface area contributed by atoms with E-state index in [1.807, 2.05) is 24.3 Å². The topological polar surface area (TPSA) is 60.3 Å². The minimum absolute atomic E-state index is 0.0450. The van der Waals surface area contributed by atoms with E-state index >= 15 is 0 Å². The van der Waals surface area contributed by atoms with Gasteiger partial charge in [0, 0.05) is 29.9 Å². The highest BCUT2D eigenvalue weighted by atomic mass is 79.9. The number of nitrogens with one attached hydrogen (secondary N) is 1. The van der Waals surface area contributed by atoms with Crippen molar-refractivity contribution >= 4 is 33.6 Å². The van der Waals surface area contributed by atoms with Gasteiger partial charge in [-0.15, -0.1) is 0 Å². The predicted octanol–water partition coefficient (Wildman–Crippen LogP) is 2.90. The van der Waals surface area contributed by atoms with E-state index in [1.54, 1.807) is 24.4 Å². The molecule has 1 aliphatic heterocycles. The molecule has 5 nitrogen and oxygen atoms in total. The van der Waals surface area contributed by atoms with Crippen LogP contribution in [0.25, 0.3) is 11.8 Å². The predicted molar refractivity (Wildman–Crippen MR) is 101 cm³/mol. The van der Waals surface area contributed by atoms with Crippen LogP contribution < -0.4 is 10.9 Å². The molecule has 0 radical (unpaired) electrons. The average molecular weight is 403 g/mol. The quantitative estimate of drug-likeness (QED) is 0.782. The van der Waals surface area contributed by atoms with Crippen molar-refractivity contribution in [3.63, 3.8) is 0 Å². The van der Waals surface area contributed by atoms with Crippen LogP contribution >= 0.6 is 15.9 Å². The Morgan fingerprint density at radius 3 is 2.92 bits per heavy atom. The van der Waals surface area contributed by atoms with Crippen molar-refractivity contribution in [1.29, 1.82) is 0 Å². The normalized spacial score (nSPS) is 17.5. The Bertz CT molecular complexity index is 838. The number of rotatable bonds is 5. The van der Waals surface area contributed by atoms with Crippen LogP contribution in [-0.4, -0.2) is 29.7 Å². The lowest BCUT2D eigenvalue weighted by Gasteiger charge is -2.14. The summed E-state index contributed by atoms with van der Waals surface area (Å²) >= 11 is 3.42. The Morgan fingerprint density at radius 2 is 2.20 bits per heavy atom. The minimum atomic E-state index is -0.302. The highest BCUT2D eigenvalue weighted by Gasteiger charge is 2.18. The van der Waals surface area contributed by atoms with Gasteiger partial charge in [-0.05, 0) is 42.7 Å². The van der Waals surface area contributed by atoms with Crippen LogP contribution in [0.1, 0.15) is 18.4 Å². The Balaban J connectivity index is 1.90. The van der Waals surface area contributed by atoms with Crippen molar-refractivity contribution in [2.45, 2.75) is 18.9 Å². The van der Waals surface area contributed by atoms with E-state index in [0.717, 1.165) is 29.5 Å². The Kier molecular flexibility index (Phi) is 5.83. The second-order valence-corrected chi connectivity index (χ2v) is 6.75. The number of pyridine rings is 1. The van der Waals surface area contributed by atoms with E-state index in [2.05, 4.69) is 21.2 Å². The van der Waals surface area contributed by atoms with Crippen molar-refractivity contribution in [1.82, 2.24) is 9.88 Å². The van der Waals surface area contributed by atoms with Gasteiger partial charge >= 0.3 is 0 Å². The van der Waals surface area contributed by atoms with Crippen molar-refractivity contribution < 1.29 is 9.53 Å². The Labute approximate surface area is 154 Å². The Hall–Kier alpha value is -2.18. The van der Waals surface area contributed by atoms with Crippen molar-refractivity contribution in [3.8, 4) is 0 Å². The van der Waals surface area contributed by atoms with Crippen LogP contribution in [0.3, 0.4) is 0 Å². The Morgan fingerprint density at radius 1 is 1.32 bits per heavy atom. The molecule has 130 valence electrons. The maximum atomic E-state index is 12.7. The van der Waals surface area contributed by atoms with Crippen molar-refractivity contribution in [2.75, 3.05) is 13.2 Å². The van der Waals surface area contributed by atoms with Gasteiger partial charge in [0.1, 0.15) is 5.70 Å². The van der Waals surface area contributed by atoms with Crippen LogP contribution in [0.15, 0.2) is 57.9 Å². The summed E-state index contributed by atoms with van der Waals surface area (Å²) in [6, 6.07) is 12.4. The number of halogens is 1. The molecule has 1 N–H and O–H groups in total. The van der Waals surface area contributed by atoms with E-state index in [0.29, 0.717) is 6.54 Å². The monoisotopic (exact) mass is 402 g/mol. The largest absolute Gasteiger partial charge is 0.376 e. The number of ether oxygens (including phenoxy) is 1. The van der Waals surface area contributed by atoms with E-state index in [-0.39, 0.29) is 23.3 Å². The van der Waals surface area contributed by atoms with E-state index in [1.165, 1.54) is 10.6 Å². The molecule has 1 atom stereocenters. The maximum absolute atomic E-state index is 12.7. The highest BCUT2D eigenvalue weighted by molar-refractivity contribution is 9.10. The van der Waals surface area contributed by atoms with Crippen LogP contribution in [0.5, 0.6) is 0 Å². The molecule has 1 amide bonds. The molecule has 6 heteroatoms. The maximum Gasteiger partial charge on any atom is 0.268 e. The molecule has 1 aromatic carbocycles. The average Bonchev–Trinajstić information content (AvgIpc) is 3.12. The first kappa shape index (κ1) is 17.6. The molecular formula is C19H19BrN2O3. The summed E-state index contributed by atoms with van der Waals surface area (Å²) < 4.78 is 7.79. The first-order valence-corrected chi connectivity index (χ1v) is 8.98. The van der Waals surface area contributed by atoms with Gasteiger partial charge in [0.05, 0.1) is 6.10 Å². The number of hydrogen-bond donors (Lipinski definition) is 1. The molecule has 1 aliphatic rings. The van der Waals surface area contributed by atoms with Gasteiger partial charge in [-0.25, -0.2) is 0 Å². The molecule has 1 fully saturated rings. The number of carbonyl (C=O) groups excluding carboxylic acids is 1. The smallest absolute Gasteiger partial charge is 0.268 e. The third-order valence-corrected chi connectivity index (χ3v) is 4.47. The zero-order valence-corrected chi connectivity index (χ0v) is 15.2. The molecule has 2 aromatic rings. The lowest BCUT2D eigenvalue weighted by Crippen LogP contribution is -2.35. The summed E-state index contributed by atoms with van der Waals surface area (Å²) in [6.07, 6.45) is 5.30. The van der Waals surface area contributed by atoms with Gasteiger partial charge in [0.2, 0.25) is 0 Å². The fourth-order valence-corrected chi connectivity index (χ4v) is 3.14. The highest BCUT2D eigenvalue weighted by Crippen LogP contribution is 2.16. The van der Waals surface area contributed by atoms with E-state index in [9.17, 15) is 9.59 Å². The van der Waals surface area contributed by atoms with Crippen LogP contribution in [-0.2, 0) is 9.53 Å². The summed E-state index contributed by atoms with van der Waals surface area (Å²) in [6.45, 7) is 1.18. The lowest BCUT2D eigenvalue weighted by atomic mass is 10.1. The molecule has 0 saturated carbocycles. The zero-order valence-electron chi connectivity index (χ0n) is 13.7. The standard InChI is InChI=1S/C19H19BrN2O3/c20-15-6-3-5-14(11-15)12-17(22-9-2-1-8-18(22)23)19(24)21-13-16-7-4-10-25-16/h1-3,5-6,8-9,11-12,16H,4,7,10,13H2,(H,21,24)/b17-12+/t16-/m0/s1. The summed E-state index contributed by atoms with van der Waals surface area (Å²) in [5.41, 5.74) is 0.852. The molecule has 1 aromatic heterocycles. The van der Waals surface area contributed by atoms with Crippen molar-refractivity contribution in [3.05, 3.63) is 69.1 Å². The lowest BCUT2D eigenvalue weighted by molar-refractivity contribution is -0.116. The molecule has 2 heterocycles. The molecule has 0 unspecified atom stereocenters. The molecule has 1 saturated heterocycles. The van der Waals surface area contributed by atoms with Gasteiger partial charge < -0.3 is 10.1 Å². The second kappa shape index (κ2) is 8.27. The van der Waals surface area contributed by atoms with Gasteiger partial charge in [-0.1, -0.05) is 34.1 Å². The van der Waals surface area contributed by atoms with Gasteiger partial charge in [-0.2, -0.15) is 0 Å². The summed E-state index contributed by atoms with van der Waals surface area (Å²) in [5, 5.41) is 2.88. The number of nitrogens with zero attached hydrogens (tertiary/aromatic N) is 1. The first-order chi connectivity index (χ1) is 12.1. The zero-order chi connectivity index (χ0) is 17.6. The molecule has 0 spiro atoms. The number of benzene rings is 1. The third kappa shape index (κ3) is 4.67. The summed E-state index contributed by atoms with van der Waals surface area (Å²) in [7, 11) is 0. The molecule has 25 heavy (non-hydrogen) atoms.